The number of anilines is 1. The van der Waals surface area contributed by atoms with E-state index in [1.54, 1.807) is 24.4 Å². The van der Waals surface area contributed by atoms with Crippen LogP contribution in [-0.2, 0) is 0 Å². The van der Waals surface area contributed by atoms with Crippen molar-refractivity contribution >= 4 is 34.4 Å². The van der Waals surface area contributed by atoms with Crippen molar-refractivity contribution in [3.63, 3.8) is 0 Å². The standard InChI is InChI=1S/C16H10ClF2N3/c17-11-2-3-12-15(5-6-20-16(12)8-11)22-21-9-10-1-4-13(18)14(19)7-10/h1-9H,(H,20,22). The van der Waals surface area contributed by atoms with Gasteiger partial charge in [-0.05, 0) is 42.0 Å². The summed E-state index contributed by atoms with van der Waals surface area (Å²) in [6, 6.07) is 10.7. The normalized spacial score (nSPS) is 11.2. The highest BCUT2D eigenvalue weighted by atomic mass is 35.5. The molecule has 0 saturated carbocycles. The summed E-state index contributed by atoms with van der Waals surface area (Å²) in [5.74, 6) is -1.80. The Morgan fingerprint density at radius 2 is 1.91 bits per heavy atom. The summed E-state index contributed by atoms with van der Waals surface area (Å²) in [5.41, 5.74) is 4.78. The van der Waals surface area contributed by atoms with Crippen LogP contribution in [-0.4, -0.2) is 11.2 Å². The summed E-state index contributed by atoms with van der Waals surface area (Å²) >= 11 is 5.93. The molecule has 0 radical (unpaired) electrons. The molecule has 22 heavy (non-hydrogen) atoms. The van der Waals surface area contributed by atoms with Gasteiger partial charge in [-0.15, -0.1) is 0 Å². The fourth-order valence-corrected chi connectivity index (χ4v) is 2.15. The average Bonchev–Trinajstić information content (AvgIpc) is 2.50. The highest BCUT2D eigenvalue weighted by Crippen LogP contribution is 2.24. The maximum Gasteiger partial charge on any atom is 0.159 e. The van der Waals surface area contributed by atoms with Crippen LogP contribution >= 0.6 is 11.6 Å². The molecule has 0 atom stereocenters. The summed E-state index contributed by atoms with van der Waals surface area (Å²) < 4.78 is 25.9. The van der Waals surface area contributed by atoms with E-state index in [0.717, 1.165) is 28.7 Å². The van der Waals surface area contributed by atoms with Gasteiger partial charge < -0.3 is 0 Å². The van der Waals surface area contributed by atoms with Gasteiger partial charge in [0, 0.05) is 16.6 Å². The van der Waals surface area contributed by atoms with Gasteiger partial charge in [-0.1, -0.05) is 17.7 Å². The molecule has 0 aliphatic rings. The molecule has 3 rings (SSSR count). The minimum atomic E-state index is -0.909. The van der Waals surface area contributed by atoms with Gasteiger partial charge in [-0.25, -0.2) is 8.78 Å². The van der Waals surface area contributed by atoms with Gasteiger partial charge in [0.2, 0.25) is 0 Å². The lowest BCUT2D eigenvalue weighted by molar-refractivity contribution is 0.508. The molecule has 0 spiro atoms. The molecule has 0 aliphatic heterocycles. The Balaban J connectivity index is 1.84. The van der Waals surface area contributed by atoms with Crippen molar-refractivity contribution in [1.82, 2.24) is 4.98 Å². The third-order valence-corrected chi connectivity index (χ3v) is 3.28. The second-order valence-electron chi connectivity index (χ2n) is 4.56. The minimum absolute atomic E-state index is 0.452. The molecule has 0 unspecified atom stereocenters. The summed E-state index contributed by atoms with van der Waals surface area (Å²) in [5, 5.41) is 5.49. The molecule has 0 bridgehead atoms. The number of hydrogen-bond acceptors (Lipinski definition) is 3. The van der Waals surface area contributed by atoms with Crippen molar-refractivity contribution < 1.29 is 8.78 Å². The molecule has 1 N–H and O–H groups in total. The molecule has 110 valence electrons. The lowest BCUT2D eigenvalue weighted by Gasteiger charge is -2.05. The Kier molecular flexibility index (Phi) is 3.98. The van der Waals surface area contributed by atoms with E-state index in [2.05, 4.69) is 15.5 Å². The first-order valence-electron chi connectivity index (χ1n) is 6.42. The summed E-state index contributed by atoms with van der Waals surface area (Å²) in [4.78, 5) is 4.22. The topological polar surface area (TPSA) is 37.3 Å². The third kappa shape index (κ3) is 3.04. The van der Waals surface area contributed by atoms with Crippen molar-refractivity contribution in [3.8, 4) is 0 Å². The van der Waals surface area contributed by atoms with E-state index in [1.807, 2.05) is 6.07 Å². The molecular weight excluding hydrogens is 308 g/mol. The van der Waals surface area contributed by atoms with Gasteiger partial charge in [0.1, 0.15) is 0 Å². The predicted octanol–water partition coefficient (Wildman–Crippen LogP) is 4.61. The van der Waals surface area contributed by atoms with E-state index in [4.69, 9.17) is 11.6 Å². The number of fused-ring (bicyclic) bond motifs is 1. The smallest absolute Gasteiger partial charge is 0.159 e. The van der Waals surface area contributed by atoms with Crippen LogP contribution in [0, 0.1) is 11.6 Å². The van der Waals surface area contributed by atoms with Crippen molar-refractivity contribution in [2.24, 2.45) is 5.10 Å². The molecule has 0 amide bonds. The Hall–Kier alpha value is -2.53. The van der Waals surface area contributed by atoms with E-state index in [1.165, 1.54) is 12.3 Å². The van der Waals surface area contributed by atoms with Crippen molar-refractivity contribution in [2.75, 3.05) is 5.43 Å². The van der Waals surface area contributed by atoms with Crippen LogP contribution in [0.5, 0.6) is 0 Å². The number of rotatable bonds is 3. The molecule has 1 heterocycles. The molecule has 2 aromatic carbocycles. The Morgan fingerprint density at radius 3 is 2.73 bits per heavy atom. The van der Waals surface area contributed by atoms with Gasteiger partial charge >= 0.3 is 0 Å². The zero-order valence-corrected chi connectivity index (χ0v) is 12.0. The number of benzene rings is 2. The fraction of sp³-hybridized carbons (Fsp3) is 0. The third-order valence-electron chi connectivity index (χ3n) is 3.05. The first kappa shape index (κ1) is 14.4. The zero-order valence-electron chi connectivity index (χ0n) is 11.2. The maximum atomic E-state index is 13.1. The SMILES string of the molecule is Fc1ccc(C=NNc2ccnc3cc(Cl)ccc23)cc1F. The number of nitrogens with one attached hydrogen (secondary N) is 1. The molecule has 0 saturated heterocycles. The number of hydrazone groups is 1. The second-order valence-corrected chi connectivity index (χ2v) is 5.00. The maximum absolute atomic E-state index is 13.1. The van der Waals surface area contributed by atoms with Crippen LogP contribution in [0.4, 0.5) is 14.5 Å². The number of pyridine rings is 1. The Morgan fingerprint density at radius 1 is 1.05 bits per heavy atom. The number of nitrogens with zero attached hydrogens (tertiary/aromatic N) is 2. The molecule has 1 aromatic heterocycles. The summed E-state index contributed by atoms with van der Waals surface area (Å²) in [6.07, 6.45) is 3.04. The Bertz CT molecular complexity index is 865. The van der Waals surface area contributed by atoms with Gasteiger partial charge in [-0.2, -0.15) is 5.10 Å². The van der Waals surface area contributed by atoms with E-state index in [-0.39, 0.29) is 0 Å². The number of aromatic nitrogens is 1. The van der Waals surface area contributed by atoms with Crippen LogP contribution in [0.2, 0.25) is 5.02 Å². The summed E-state index contributed by atoms with van der Waals surface area (Å²) in [6.45, 7) is 0. The van der Waals surface area contributed by atoms with Crippen LogP contribution in [0.15, 0.2) is 53.8 Å². The molecular formula is C16H10ClF2N3. The first-order chi connectivity index (χ1) is 10.6. The fourth-order valence-electron chi connectivity index (χ4n) is 1.99. The summed E-state index contributed by atoms with van der Waals surface area (Å²) in [7, 11) is 0. The largest absolute Gasteiger partial charge is 0.278 e. The van der Waals surface area contributed by atoms with Crippen LogP contribution < -0.4 is 5.43 Å². The second kappa shape index (κ2) is 6.07. The lowest BCUT2D eigenvalue weighted by Crippen LogP contribution is -1.94. The van der Waals surface area contributed by atoms with Crippen LogP contribution in [0.1, 0.15) is 5.56 Å². The molecule has 3 nitrogen and oxygen atoms in total. The van der Waals surface area contributed by atoms with Crippen LogP contribution in [0.25, 0.3) is 10.9 Å². The van der Waals surface area contributed by atoms with Crippen molar-refractivity contribution in [3.05, 3.63) is 70.9 Å². The van der Waals surface area contributed by atoms with Gasteiger partial charge in [-0.3, -0.25) is 10.4 Å². The van der Waals surface area contributed by atoms with E-state index >= 15 is 0 Å². The van der Waals surface area contributed by atoms with Crippen molar-refractivity contribution in [1.29, 1.82) is 0 Å². The van der Waals surface area contributed by atoms with Crippen LogP contribution in [0.3, 0.4) is 0 Å². The average molecular weight is 318 g/mol. The number of halogens is 3. The number of hydrogen-bond donors (Lipinski definition) is 1. The molecule has 0 fully saturated rings. The van der Waals surface area contributed by atoms with Gasteiger partial charge in [0.25, 0.3) is 0 Å². The monoisotopic (exact) mass is 317 g/mol. The zero-order chi connectivity index (χ0) is 15.5. The quantitative estimate of drug-likeness (QED) is 0.565. The van der Waals surface area contributed by atoms with E-state index < -0.39 is 11.6 Å². The first-order valence-corrected chi connectivity index (χ1v) is 6.80. The lowest BCUT2D eigenvalue weighted by atomic mass is 10.2. The molecule has 0 aliphatic carbocycles. The van der Waals surface area contributed by atoms with Crippen molar-refractivity contribution in [2.45, 2.75) is 0 Å². The Labute approximate surface area is 130 Å². The molecule has 3 aromatic rings. The highest BCUT2D eigenvalue weighted by molar-refractivity contribution is 6.31. The van der Waals surface area contributed by atoms with E-state index in [0.29, 0.717) is 10.6 Å². The van der Waals surface area contributed by atoms with Gasteiger partial charge in [0.05, 0.1) is 17.4 Å². The predicted molar refractivity (Wildman–Crippen MR) is 84.3 cm³/mol. The van der Waals surface area contributed by atoms with Gasteiger partial charge in [0.15, 0.2) is 11.6 Å². The van der Waals surface area contributed by atoms with E-state index in [9.17, 15) is 8.78 Å². The highest BCUT2D eigenvalue weighted by Gasteiger charge is 2.02. The minimum Gasteiger partial charge on any atom is -0.278 e. The molecule has 6 heteroatoms.